The van der Waals surface area contributed by atoms with E-state index in [1.54, 1.807) is 6.07 Å². The molecule has 0 bridgehead atoms. The van der Waals surface area contributed by atoms with Crippen LogP contribution in [0.25, 0.3) is 11.2 Å². The van der Waals surface area contributed by atoms with Crippen LogP contribution in [-0.2, 0) is 12.7 Å². The van der Waals surface area contributed by atoms with Gasteiger partial charge in [0.05, 0.1) is 11.9 Å². The van der Waals surface area contributed by atoms with Crippen molar-refractivity contribution in [1.82, 2.24) is 19.9 Å². The van der Waals surface area contributed by atoms with Crippen molar-refractivity contribution in [3.8, 4) is 0 Å². The normalized spacial score (nSPS) is 11.5. The van der Waals surface area contributed by atoms with E-state index in [4.69, 9.17) is 0 Å². The van der Waals surface area contributed by atoms with Gasteiger partial charge in [0.15, 0.2) is 11.5 Å². The molecule has 0 spiro atoms. The summed E-state index contributed by atoms with van der Waals surface area (Å²) in [6, 6.07) is 14.5. The lowest BCUT2D eigenvalue weighted by Gasteiger charge is -2.11. The van der Waals surface area contributed by atoms with Crippen LogP contribution < -0.4 is 10.6 Å². The molecule has 0 unspecified atom stereocenters. The molecule has 0 aliphatic carbocycles. The van der Waals surface area contributed by atoms with Gasteiger partial charge in [-0.3, -0.25) is 0 Å². The van der Waals surface area contributed by atoms with Crippen molar-refractivity contribution in [3.63, 3.8) is 0 Å². The molecule has 0 atom stereocenters. The van der Waals surface area contributed by atoms with Crippen LogP contribution in [0.3, 0.4) is 0 Å². The van der Waals surface area contributed by atoms with Gasteiger partial charge in [-0.15, -0.1) is 0 Å². The van der Waals surface area contributed by atoms with Gasteiger partial charge in [0.25, 0.3) is 0 Å². The van der Waals surface area contributed by atoms with Crippen LogP contribution in [-0.4, -0.2) is 19.9 Å². The van der Waals surface area contributed by atoms with Crippen LogP contribution in [0.1, 0.15) is 11.1 Å². The Bertz CT molecular complexity index is 1090. The third-order valence-corrected chi connectivity index (χ3v) is 4.03. The minimum absolute atomic E-state index is 0.166. The molecule has 0 saturated carbocycles. The SMILES string of the molecule is FC(F)(F)c1cccc(CNc2nc(Nc3ccccc3)nc3nc[nH]c23)c1. The molecular formula is C19H15F3N6. The van der Waals surface area contributed by atoms with Crippen molar-refractivity contribution in [3.05, 3.63) is 72.1 Å². The quantitative estimate of drug-likeness (QED) is 0.464. The molecule has 28 heavy (non-hydrogen) atoms. The molecule has 0 radical (unpaired) electrons. The Kier molecular flexibility index (Phi) is 4.56. The number of benzene rings is 2. The summed E-state index contributed by atoms with van der Waals surface area (Å²) in [4.78, 5) is 15.9. The highest BCUT2D eigenvalue weighted by molar-refractivity contribution is 5.84. The van der Waals surface area contributed by atoms with Crippen LogP contribution in [0.5, 0.6) is 0 Å². The van der Waals surface area contributed by atoms with Gasteiger partial charge >= 0.3 is 6.18 Å². The monoisotopic (exact) mass is 384 g/mol. The van der Waals surface area contributed by atoms with Gasteiger partial charge in [-0.2, -0.15) is 23.1 Å². The Balaban J connectivity index is 1.59. The number of H-pyrrole nitrogens is 1. The molecule has 0 aliphatic heterocycles. The fourth-order valence-electron chi connectivity index (χ4n) is 2.71. The lowest BCUT2D eigenvalue weighted by atomic mass is 10.1. The van der Waals surface area contributed by atoms with E-state index >= 15 is 0 Å². The fraction of sp³-hybridized carbons (Fsp3) is 0.105. The van der Waals surface area contributed by atoms with Gasteiger partial charge in [0.2, 0.25) is 5.95 Å². The third kappa shape index (κ3) is 3.88. The van der Waals surface area contributed by atoms with Gasteiger partial charge in [-0.25, -0.2) is 4.98 Å². The summed E-state index contributed by atoms with van der Waals surface area (Å²) in [5.41, 5.74) is 1.62. The number of para-hydroxylation sites is 1. The highest BCUT2D eigenvalue weighted by atomic mass is 19.4. The first-order valence-corrected chi connectivity index (χ1v) is 8.42. The van der Waals surface area contributed by atoms with Crippen LogP contribution >= 0.6 is 0 Å². The summed E-state index contributed by atoms with van der Waals surface area (Å²) in [6.07, 6.45) is -2.89. The number of imidazole rings is 1. The summed E-state index contributed by atoms with van der Waals surface area (Å²) < 4.78 is 38.7. The summed E-state index contributed by atoms with van der Waals surface area (Å²) in [5.74, 6) is 0.774. The molecule has 4 aromatic rings. The van der Waals surface area contributed by atoms with Crippen molar-refractivity contribution < 1.29 is 13.2 Å². The van der Waals surface area contributed by atoms with E-state index in [0.29, 0.717) is 28.5 Å². The molecule has 0 amide bonds. The maximum atomic E-state index is 12.9. The number of hydrogen-bond acceptors (Lipinski definition) is 5. The molecule has 142 valence electrons. The fourth-order valence-corrected chi connectivity index (χ4v) is 2.71. The van der Waals surface area contributed by atoms with E-state index in [0.717, 1.165) is 17.8 Å². The molecule has 0 aliphatic rings. The molecule has 3 N–H and O–H groups in total. The van der Waals surface area contributed by atoms with E-state index in [2.05, 4.69) is 30.6 Å². The van der Waals surface area contributed by atoms with Gasteiger partial charge in [0.1, 0.15) is 5.52 Å². The van der Waals surface area contributed by atoms with Crippen molar-refractivity contribution in [2.24, 2.45) is 0 Å². The number of rotatable bonds is 5. The van der Waals surface area contributed by atoms with Crippen LogP contribution in [0, 0.1) is 0 Å². The Morgan fingerprint density at radius 1 is 0.964 bits per heavy atom. The minimum Gasteiger partial charge on any atom is -0.364 e. The Hall–Kier alpha value is -3.62. The molecule has 6 nitrogen and oxygen atoms in total. The van der Waals surface area contributed by atoms with E-state index < -0.39 is 11.7 Å². The van der Waals surface area contributed by atoms with Gasteiger partial charge < -0.3 is 15.6 Å². The molecule has 0 fully saturated rings. The smallest absolute Gasteiger partial charge is 0.364 e. The zero-order valence-corrected chi connectivity index (χ0v) is 14.5. The van der Waals surface area contributed by atoms with Crippen molar-refractivity contribution >= 4 is 28.6 Å². The van der Waals surface area contributed by atoms with Gasteiger partial charge in [-0.05, 0) is 29.8 Å². The van der Waals surface area contributed by atoms with Crippen molar-refractivity contribution in [2.45, 2.75) is 12.7 Å². The average molecular weight is 384 g/mol. The van der Waals surface area contributed by atoms with E-state index in [1.165, 1.54) is 12.4 Å². The topological polar surface area (TPSA) is 78.5 Å². The Morgan fingerprint density at radius 3 is 2.57 bits per heavy atom. The number of fused-ring (bicyclic) bond motifs is 1. The maximum Gasteiger partial charge on any atom is 0.416 e. The number of nitrogens with one attached hydrogen (secondary N) is 3. The van der Waals surface area contributed by atoms with Gasteiger partial charge in [-0.1, -0.05) is 30.3 Å². The third-order valence-electron chi connectivity index (χ3n) is 4.03. The standard InChI is InChI=1S/C19H15F3N6/c20-19(21,22)13-6-4-5-12(9-13)10-23-16-15-17(25-11-24-15)28-18(27-16)26-14-7-2-1-3-8-14/h1-9,11H,10H2,(H3,23,24,25,26,27,28). The van der Waals surface area contributed by atoms with Crippen molar-refractivity contribution in [2.75, 3.05) is 10.6 Å². The molecule has 0 saturated heterocycles. The summed E-state index contributed by atoms with van der Waals surface area (Å²) >= 11 is 0. The zero-order valence-electron chi connectivity index (χ0n) is 14.5. The van der Waals surface area contributed by atoms with Gasteiger partial charge in [0, 0.05) is 12.2 Å². The second-order valence-electron chi connectivity index (χ2n) is 6.04. The number of aromatic nitrogens is 4. The second kappa shape index (κ2) is 7.18. The number of halogens is 3. The first kappa shape index (κ1) is 17.8. The van der Waals surface area contributed by atoms with Crippen LogP contribution in [0.4, 0.5) is 30.6 Å². The highest BCUT2D eigenvalue weighted by Crippen LogP contribution is 2.30. The number of anilines is 3. The van der Waals surface area contributed by atoms with E-state index in [9.17, 15) is 13.2 Å². The number of aromatic amines is 1. The summed E-state index contributed by atoms with van der Waals surface area (Å²) in [7, 11) is 0. The van der Waals surface area contributed by atoms with E-state index in [1.807, 2.05) is 30.3 Å². The first-order chi connectivity index (χ1) is 13.5. The van der Waals surface area contributed by atoms with Crippen molar-refractivity contribution in [1.29, 1.82) is 0 Å². The van der Waals surface area contributed by atoms with E-state index in [-0.39, 0.29) is 6.54 Å². The molecule has 4 rings (SSSR count). The largest absolute Gasteiger partial charge is 0.416 e. The minimum atomic E-state index is -4.38. The molecular weight excluding hydrogens is 369 g/mol. The number of nitrogens with zero attached hydrogens (tertiary/aromatic N) is 3. The average Bonchev–Trinajstić information content (AvgIpc) is 3.15. The molecule has 2 aromatic carbocycles. The predicted molar refractivity (Wildman–Crippen MR) is 100 cm³/mol. The number of hydrogen-bond donors (Lipinski definition) is 3. The predicted octanol–water partition coefficient (Wildman–Crippen LogP) is 4.73. The van der Waals surface area contributed by atoms with Crippen LogP contribution in [0.2, 0.25) is 0 Å². The lowest BCUT2D eigenvalue weighted by Crippen LogP contribution is -2.08. The number of alkyl halides is 3. The summed E-state index contributed by atoms with van der Waals surface area (Å²) in [6.45, 7) is 0.166. The first-order valence-electron chi connectivity index (χ1n) is 8.42. The maximum absolute atomic E-state index is 12.9. The molecule has 9 heteroatoms. The molecule has 2 heterocycles. The zero-order chi connectivity index (χ0) is 19.6. The van der Waals surface area contributed by atoms with Crippen LogP contribution in [0.15, 0.2) is 60.9 Å². The Morgan fingerprint density at radius 2 is 1.79 bits per heavy atom. The summed E-state index contributed by atoms with van der Waals surface area (Å²) in [5, 5.41) is 6.15. The lowest BCUT2D eigenvalue weighted by molar-refractivity contribution is -0.137. The molecule has 2 aromatic heterocycles. The second-order valence-corrected chi connectivity index (χ2v) is 6.04. The highest BCUT2D eigenvalue weighted by Gasteiger charge is 2.30. The Labute approximate surface area is 157 Å².